The Kier molecular flexibility index (Phi) is 4.93. The number of urea groups is 1. The SMILES string of the molecule is CC1=NN(c2ccccc2)C(=O)C1/C=C1\C(=O)NC(=O)N(c2ccc(Cl)cc2)C1=O. The zero-order valence-corrected chi connectivity index (χ0v) is 16.5. The van der Waals surface area contributed by atoms with Crippen LogP contribution in [0.25, 0.3) is 0 Å². The van der Waals surface area contributed by atoms with Gasteiger partial charge in [-0.2, -0.15) is 10.1 Å². The van der Waals surface area contributed by atoms with E-state index in [0.717, 1.165) is 4.90 Å². The van der Waals surface area contributed by atoms with Gasteiger partial charge in [-0.05, 0) is 49.4 Å². The van der Waals surface area contributed by atoms with Gasteiger partial charge in [-0.15, -0.1) is 0 Å². The predicted molar refractivity (Wildman–Crippen MR) is 111 cm³/mol. The summed E-state index contributed by atoms with van der Waals surface area (Å²) in [6.45, 7) is 1.63. The van der Waals surface area contributed by atoms with Crippen LogP contribution >= 0.6 is 11.6 Å². The first kappa shape index (κ1) is 19.5. The number of para-hydroxylation sites is 1. The molecule has 2 aliphatic heterocycles. The number of barbiturate groups is 1. The number of hydrogen-bond donors (Lipinski definition) is 1. The Balaban J connectivity index is 1.67. The number of halogens is 1. The van der Waals surface area contributed by atoms with Crippen molar-refractivity contribution in [2.75, 3.05) is 9.91 Å². The molecule has 2 aromatic carbocycles. The van der Waals surface area contributed by atoms with Crippen LogP contribution in [0.15, 0.2) is 71.3 Å². The quantitative estimate of drug-likeness (QED) is 0.607. The molecule has 2 aliphatic rings. The fourth-order valence-electron chi connectivity index (χ4n) is 3.19. The van der Waals surface area contributed by atoms with Crippen LogP contribution in [0.2, 0.25) is 5.02 Å². The Morgan fingerprint density at radius 1 is 0.967 bits per heavy atom. The molecule has 9 heteroatoms. The predicted octanol–water partition coefficient (Wildman–Crippen LogP) is 2.89. The Bertz CT molecular complexity index is 1130. The van der Waals surface area contributed by atoms with Crippen LogP contribution < -0.4 is 15.2 Å². The van der Waals surface area contributed by atoms with E-state index in [2.05, 4.69) is 10.4 Å². The number of anilines is 2. The number of hydrazone groups is 1. The van der Waals surface area contributed by atoms with Crippen LogP contribution in [-0.2, 0) is 14.4 Å². The van der Waals surface area contributed by atoms with Gasteiger partial charge in [-0.3, -0.25) is 19.7 Å². The topological polar surface area (TPSA) is 99.2 Å². The average molecular weight is 423 g/mol. The molecule has 4 rings (SSSR count). The molecule has 1 N–H and O–H groups in total. The average Bonchev–Trinajstić information content (AvgIpc) is 3.01. The number of amides is 5. The third-order valence-corrected chi connectivity index (χ3v) is 4.96. The molecule has 2 heterocycles. The number of benzene rings is 2. The number of nitrogens with one attached hydrogen (secondary N) is 1. The van der Waals surface area contributed by atoms with Gasteiger partial charge in [-0.1, -0.05) is 29.8 Å². The van der Waals surface area contributed by atoms with Gasteiger partial charge >= 0.3 is 6.03 Å². The van der Waals surface area contributed by atoms with Crippen LogP contribution in [0.5, 0.6) is 0 Å². The highest BCUT2D eigenvalue weighted by atomic mass is 35.5. The van der Waals surface area contributed by atoms with E-state index in [1.165, 1.54) is 35.4 Å². The summed E-state index contributed by atoms with van der Waals surface area (Å²) in [4.78, 5) is 51.3. The van der Waals surface area contributed by atoms with Crippen molar-refractivity contribution in [1.29, 1.82) is 0 Å². The van der Waals surface area contributed by atoms with Crippen LogP contribution in [-0.4, -0.2) is 29.5 Å². The molecule has 1 saturated heterocycles. The first-order valence-corrected chi connectivity index (χ1v) is 9.36. The van der Waals surface area contributed by atoms with Gasteiger partial charge in [0.1, 0.15) is 5.57 Å². The molecule has 8 nitrogen and oxygen atoms in total. The summed E-state index contributed by atoms with van der Waals surface area (Å²) >= 11 is 5.86. The minimum Gasteiger partial charge on any atom is -0.273 e. The molecule has 5 amide bonds. The molecule has 0 bridgehead atoms. The van der Waals surface area contributed by atoms with Gasteiger partial charge in [0, 0.05) is 5.02 Å². The molecule has 0 spiro atoms. The molecule has 1 fully saturated rings. The number of carbonyl (C=O) groups excluding carboxylic acids is 4. The molecule has 0 saturated carbocycles. The lowest BCUT2D eigenvalue weighted by Crippen LogP contribution is -2.54. The van der Waals surface area contributed by atoms with E-state index in [1.54, 1.807) is 31.2 Å². The molecule has 150 valence electrons. The summed E-state index contributed by atoms with van der Waals surface area (Å²) in [5, 5.41) is 8.04. The smallest absolute Gasteiger partial charge is 0.273 e. The highest BCUT2D eigenvalue weighted by molar-refractivity contribution is 6.38. The second kappa shape index (κ2) is 7.57. The minimum absolute atomic E-state index is 0.245. The van der Waals surface area contributed by atoms with Crippen molar-refractivity contribution < 1.29 is 19.2 Å². The van der Waals surface area contributed by atoms with Crippen molar-refractivity contribution in [1.82, 2.24) is 5.32 Å². The maximum Gasteiger partial charge on any atom is 0.335 e. The monoisotopic (exact) mass is 422 g/mol. The molecule has 0 aliphatic carbocycles. The van der Waals surface area contributed by atoms with Gasteiger partial charge < -0.3 is 0 Å². The first-order chi connectivity index (χ1) is 14.4. The fraction of sp³-hybridized carbons (Fsp3) is 0.0952. The van der Waals surface area contributed by atoms with Gasteiger partial charge in [0.15, 0.2) is 0 Å². The number of nitrogens with zero attached hydrogens (tertiary/aromatic N) is 3. The summed E-state index contributed by atoms with van der Waals surface area (Å²) in [6, 6.07) is 13.9. The number of imide groups is 2. The van der Waals surface area contributed by atoms with Crippen molar-refractivity contribution in [3.05, 3.63) is 71.3 Å². The van der Waals surface area contributed by atoms with E-state index < -0.39 is 29.7 Å². The molecular formula is C21H15ClN4O4. The van der Waals surface area contributed by atoms with Gasteiger partial charge in [-0.25, -0.2) is 9.69 Å². The standard InChI is InChI=1S/C21H15ClN4O4/c1-12-16(20(29)26(24-12)15-5-3-2-4-6-15)11-17-18(27)23-21(30)25(19(17)28)14-9-7-13(22)8-10-14/h2-11,16H,1H3,(H,23,27,30)/b17-11+. The third kappa shape index (κ3) is 3.37. The Hall–Kier alpha value is -3.78. The maximum atomic E-state index is 13.0. The minimum atomic E-state index is -0.907. The van der Waals surface area contributed by atoms with Crippen LogP contribution in [0.1, 0.15) is 6.92 Å². The van der Waals surface area contributed by atoms with Crippen molar-refractivity contribution >= 4 is 52.4 Å². The van der Waals surface area contributed by atoms with E-state index in [0.29, 0.717) is 16.4 Å². The normalized spacial score (nSPS) is 20.7. The molecular weight excluding hydrogens is 408 g/mol. The van der Waals surface area contributed by atoms with Crippen LogP contribution in [0.3, 0.4) is 0 Å². The van der Waals surface area contributed by atoms with Gasteiger partial charge in [0.25, 0.3) is 17.7 Å². The molecule has 0 aromatic heterocycles. The largest absolute Gasteiger partial charge is 0.335 e. The van der Waals surface area contributed by atoms with Crippen molar-refractivity contribution in [2.24, 2.45) is 11.0 Å². The number of hydrogen-bond acceptors (Lipinski definition) is 5. The number of rotatable bonds is 3. The lowest BCUT2D eigenvalue weighted by molar-refractivity contribution is -0.122. The first-order valence-electron chi connectivity index (χ1n) is 8.98. The van der Waals surface area contributed by atoms with Crippen molar-refractivity contribution in [2.45, 2.75) is 6.92 Å². The second-order valence-corrected chi connectivity index (χ2v) is 7.10. The summed E-state index contributed by atoms with van der Waals surface area (Å²) in [6.07, 6.45) is 1.25. The maximum absolute atomic E-state index is 13.0. The zero-order chi connectivity index (χ0) is 21.4. The lowest BCUT2D eigenvalue weighted by Gasteiger charge is -2.26. The fourth-order valence-corrected chi connectivity index (χ4v) is 3.32. The summed E-state index contributed by atoms with van der Waals surface area (Å²) in [5.41, 5.74) is 0.925. The van der Waals surface area contributed by atoms with Gasteiger partial charge in [0.05, 0.1) is 23.0 Å². The van der Waals surface area contributed by atoms with Gasteiger partial charge in [0.2, 0.25) is 0 Å². The molecule has 1 unspecified atom stereocenters. The second-order valence-electron chi connectivity index (χ2n) is 6.66. The Labute approximate surface area is 176 Å². The van der Waals surface area contributed by atoms with E-state index in [1.807, 2.05) is 6.07 Å². The molecule has 0 radical (unpaired) electrons. The summed E-state index contributed by atoms with van der Waals surface area (Å²) in [7, 11) is 0. The summed E-state index contributed by atoms with van der Waals surface area (Å²) < 4.78 is 0. The third-order valence-electron chi connectivity index (χ3n) is 4.70. The van der Waals surface area contributed by atoms with E-state index >= 15 is 0 Å². The summed E-state index contributed by atoms with van der Waals surface area (Å²) in [5.74, 6) is -3.00. The van der Waals surface area contributed by atoms with Crippen LogP contribution in [0.4, 0.5) is 16.2 Å². The van der Waals surface area contributed by atoms with E-state index in [4.69, 9.17) is 11.6 Å². The highest BCUT2D eigenvalue weighted by Crippen LogP contribution is 2.27. The van der Waals surface area contributed by atoms with Crippen LogP contribution in [0, 0.1) is 5.92 Å². The Morgan fingerprint density at radius 3 is 2.30 bits per heavy atom. The van der Waals surface area contributed by atoms with E-state index in [-0.39, 0.29) is 11.3 Å². The Morgan fingerprint density at radius 2 is 1.63 bits per heavy atom. The van der Waals surface area contributed by atoms with Crippen molar-refractivity contribution in [3.63, 3.8) is 0 Å². The molecule has 30 heavy (non-hydrogen) atoms. The highest BCUT2D eigenvalue weighted by Gasteiger charge is 2.40. The molecule has 1 atom stereocenters. The lowest BCUT2D eigenvalue weighted by atomic mass is 9.98. The zero-order valence-electron chi connectivity index (χ0n) is 15.7. The molecule has 2 aromatic rings. The number of carbonyl (C=O) groups is 4. The van der Waals surface area contributed by atoms with E-state index in [9.17, 15) is 19.2 Å². The van der Waals surface area contributed by atoms with Crippen molar-refractivity contribution in [3.8, 4) is 0 Å².